The summed E-state index contributed by atoms with van der Waals surface area (Å²) in [6.07, 6.45) is 0. The molecule has 2 rings (SSSR count). The van der Waals surface area contributed by atoms with E-state index >= 15 is 0 Å². The predicted octanol–water partition coefficient (Wildman–Crippen LogP) is 2.92. The Morgan fingerprint density at radius 3 is 2.75 bits per heavy atom. The number of carbonyl (C=O) groups is 1. The smallest absolute Gasteiger partial charge is 0.338 e. The third-order valence-electron chi connectivity index (χ3n) is 2.73. The molecule has 0 aliphatic rings. The predicted molar refractivity (Wildman–Crippen MR) is 73.3 cm³/mol. The fourth-order valence-electron chi connectivity index (χ4n) is 1.71. The van der Waals surface area contributed by atoms with Crippen LogP contribution in [0.1, 0.15) is 21.5 Å². The zero-order valence-corrected chi connectivity index (χ0v) is 11.0. The first-order valence-corrected chi connectivity index (χ1v) is 6.03. The second kappa shape index (κ2) is 6.39. The Labute approximate surface area is 117 Å². The first-order valence-electron chi connectivity index (χ1n) is 6.03. The van der Waals surface area contributed by atoms with Crippen LogP contribution in [0.2, 0.25) is 0 Å². The van der Waals surface area contributed by atoms with Gasteiger partial charge in [-0.3, -0.25) is 0 Å². The van der Waals surface area contributed by atoms with Crippen molar-refractivity contribution in [3.05, 3.63) is 65.2 Å². The minimum atomic E-state index is -0.454. The fraction of sp³-hybridized carbons (Fsp3) is 0.125. The van der Waals surface area contributed by atoms with Gasteiger partial charge in [-0.15, -0.1) is 0 Å². The average molecular weight is 267 g/mol. The molecule has 0 aliphatic heterocycles. The van der Waals surface area contributed by atoms with Gasteiger partial charge in [0.05, 0.1) is 24.3 Å². The van der Waals surface area contributed by atoms with E-state index in [-0.39, 0.29) is 6.61 Å². The molecule has 0 saturated carbocycles. The molecule has 0 atom stereocenters. The van der Waals surface area contributed by atoms with Gasteiger partial charge in [-0.2, -0.15) is 5.26 Å². The van der Waals surface area contributed by atoms with Crippen molar-refractivity contribution < 1.29 is 14.3 Å². The number of nitrogens with zero attached hydrogens (tertiary/aromatic N) is 1. The van der Waals surface area contributed by atoms with Gasteiger partial charge in [0.2, 0.25) is 0 Å². The molecule has 0 aromatic heterocycles. The van der Waals surface area contributed by atoms with Crippen LogP contribution in [0.25, 0.3) is 0 Å². The Hall–Kier alpha value is -2.80. The Morgan fingerprint density at radius 2 is 2.00 bits per heavy atom. The van der Waals surface area contributed by atoms with Crippen LogP contribution < -0.4 is 4.74 Å². The van der Waals surface area contributed by atoms with Gasteiger partial charge in [0.1, 0.15) is 12.4 Å². The van der Waals surface area contributed by atoms with Gasteiger partial charge in [0, 0.05) is 0 Å². The number of carbonyl (C=O) groups excluding carboxylic acids is 1. The first kappa shape index (κ1) is 13.6. The minimum Gasteiger partial charge on any atom is -0.497 e. The van der Waals surface area contributed by atoms with E-state index in [2.05, 4.69) is 0 Å². The highest BCUT2D eigenvalue weighted by Gasteiger charge is 2.08. The third kappa shape index (κ3) is 3.36. The highest BCUT2D eigenvalue weighted by Crippen LogP contribution is 2.14. The highest BCUT2D eigenvalue weighted by molar-refractivity contribution is 5.89. The van der Waals surface area contributed by atoms with Gasteiger partial charge in [-0.1, -0.05) is 18.2 Å². The van der Waals surface area contributed by atoms with Gasteiger partial charge < -0.3 is 9.47 Å². The van der Waals surface area contributed by atoms with Crippen molar-refractivity contribution in [2.75, 3.05) is 7.11 Å². The lowest BCUT2D eigenvalue weighted by Crippen LogP contribution is -2.05. The maximum absolute atomic E-state index is 11.9. The maximum Gasteiger partial charge on any atom is 0.338 e. The van der Waals surface area contributed by atoms with E-state index in [0.717, 1.165) is 5.56 Å². The summed E-state index contributed by atoms with van der Waals surface area (Å²) in [4.78, 5) is 11.9. The molecule has 4 nitrogen and oxygen atoms in total. The standard InChI is InChI=1S/C16H13NO3/c1-19-15-7-3-5-13(9-15)11-20-16(18)14-6-2-4-12(8-14)10-17/h2-9H,11H2,1H3. The van der Waals surface area contributed by atoms with Crippen LogP contribution in [0.5, 0.6) is 5.75 Å². The Bertz CT molecular complexity index is 659. The summed E-state index contributed by atoms with van der Waals surface area (Å²) in [5.74, 6) is 0.259. The van der Waals surface area contributed by atoms with Crippen LogP contribution in [-0.2, 0) is 11.3 Å². The molecule has 0 saturated heterocycles. The number of hydrogen-bond acceptors (Lipinski definition) is 4. The number of esters is 1. The van der Waals surface area contributed by atoms with Crippen molar-refractivity contribution in [1.29, 1.82) is 5.26 Å². The largest absolute Gasteiger partial charge is 0.497 e. The Kier molecular flexibility index (Phi) is 4.35. The molecule has 0 heterocycles. The zero-order chi connectivity index (χ0) is 14.4. The lowest BCUT2D eigenvalue weighted by molar-refractivity contribution is 0.0472. The second-order valence-corrected chi connectivity index (χ2v) is 4.12. The monoisotopic (exact) mass is 267 g/mol. The summed E-state index contributed by atoms with van der Waals surface area (Å²) < 4.78 is 10.3. The molecule has 0 aliphatic carbocycles. The molecule has 0 unspecified atom stereocenters. The summed E-state index contributed by atoms with van der Waals surface area (Å²) in [7, 11) is 1.58. The summed E-state index contributed by atoms with van der Waals surface area (Å²) in [5.41, 5.74) is 1.64. The van der Waals surface area contributed by atoms with E-state index in [1.807, 2.05) is 24.3 Å². The first-order chi connectivity index (χ1) is 9.72. The van der Waals surface area contributed by atoms with Gasteiger partial charge in [-0.25, -0.2) is 4.79 Å². The molecule has 4 heteroatoms. The number of ether oxygens (including phenoxy) is 2. The summed E-state index contributed by atoms with van der Waals surface area (Å²) in [5, 5.41) is 8.79. The topological polar surface area (TPSA) is 59.3 Å². The van der Waals surface area contributed by atoms with Gasteiger partial charge in [-0.05, 0) is 35.9 Å². The zero-order valence-electron chi connectivity index (χ0n) is 11.0. The molecule has 100 valence electrons. The van der Waals surface area contributed by atoms with Gasteiger partial charge in [0.25, 0.3) is 0 Å². The molecule has 0 N–H and O–H groups in total. The van der Waals surface area contributed by atoms with Crippen molar-refractivity contribution in [2.45, 2.75) is 6.61 Å². The molecule has 0 bridgehead atoms. The van der Waals surface area contributed by atoms with Crippen molar-refractivity contribution in [3.8, 4) is 11.8 Å². The Balaban J connectivity index is 2.03. The SMILES string of the molecule is COc1cccc(COC(=O)c2cccc(C#N)c2)c1. The molecule has 0 spiro atoms. The van der Waals surface area contributed by atoms with Crippen LogP contribution in [0.4, 0.5) is 0 Å². The van der Waals surface area contributed by atoms with E-state index < -0.39 is 5.97 Å². The van der Waals surface area contributed by atoms with E-state index in [0.29, 0.717) is 16.9 Å². The number of nitriles is 1. The molecule has 0 amide bonds. The van der Waals surface area contributed by atoms with Crippen molar-refractivity contribution in [1.82, 2.24) is 0 Å². The molecule has 0 fully saturated rings. The van der Waals surface area contributed by atoms with E-state index in [4.69, 9.17) is 14.7 Å². The molecule has 2 aromatic carbocycles. The molecular formula is C16H13NO3. The number of methoxy groups -OCH3 is 1. The summed E-state index contributed by atoms with van der Waals surface area (Å²) in [6.45, 7) is 0.160. The summed E-state index contributed by atoms with van der Waals surface area (Å²) >= 11 is 0. The van der Waals surface area contributed by atoms with Gasteiger partial charge >= 0.3 is 5.97 Å². The third-order valence-corrected chi connectivity index (χ3v) is 2.73. The number of hydrogen-bond donors (Lipinski definition) is 0. The van der Waals surface area contributed by atoms with Gasteiger partial charge in [0.15, 0.2) is 0 Å². The van der Waals surface area contributed by atoms with Crippen LogP contribution in [0, 0.1) is 11.3 Å². The van der Waals surface area contributed by atoms with Crippen molar-refractivity contribution in [3.63, 3.8) is 0 Å². The fourth-order valence-corrected chi connectivity index (χ4v) is 1.71. The highest BCUT2D eigenvalue weighted by atomic mass is 16.5. The Morgan fingerprint density at radius 1 is 1.20 bits per heavy atom. The molecule has 0 radical (unpaired) electrons. The van der Waals surface area contributed by atoms with E-state index in [1.54, 1.807) is 31.4 Å². The van der Waals surface area contributed by atoms with Crippen LogP contribution >= 0.6 is 0 Å². The maximum atomic E-state index is 11.9. The normalized spacial score (nSPS) is 9.60. The quantitative estimate of drug-likeness (QED) is 0.799. The lowest BCUT2D eigenvalue weighted by atomic mass is 10.1. The number of benzene rings is 2. The van der Waals surface area contributed by atoms with Crippen LogP contribution in [0.15, 0.2) is 48.5 Å². The van der Waals surface area contributed by atoms with Crippen LogP contribution in [-0.4, -0.2) is 13.1 Å². The van der Waals surface area contributed by atoms with E-state index in [9.17, 15) is 4.79 Å². The average Bonchev–Trinajstić information content (AvgIpc) is 2.52. The second-order valence-electron chi connectivity index (χ2n) is 4.12. The van der Waals surface area contributed by atoms with Crippen molar-refractivity contribution >= 4 is 5.97 Å². The molecule has 2 aromatic rings. The molecular weight excluding hydrogens is 254 g/mol. The lowest BCUT2D eigenvalue weighted by Gasteiger charge is -2.06. The summed E-state index contributed by atoms with van der Waals surface area (Å²) in [6, 6.07) is 15.7. The van der Waals surface area contributed by atoms with E-state index in [1.165, 1.54) is 6.07 Å². The van der Waals surface area contributed by atoms with Crippen molar-refractivity contribution in [2.24, 2.45) is 0 Å². The molecule has 20 heavy (non-hydrogen) atoms. The van der Waals surface area contributed by atoms with Crippen LogP contribution in [0.3, 0.4) is 0 Å². The minimum absolute atomic E-state index is 0.160. The number of rotatable bonds is 4.